The molecule has 6 heteroatoms. The van der Waals surface area contributed by atoms with Gasteiger partial charge < -0.3 is 16.4 Å². The molecule has 0 spiro atoms. The van der Waals surface area contributed by atoms with Crippen LogP contribution in [0.15, 0.2) is 0 Å². The van der Waals surface area contributed by atoms with E-state index in [2.05, 4.69) is 36.4 Å². The minimum atomic E-state index is -0.144. The summed E-state index contributed by atoms with van der Waals surface area (Å²) in [6.45, 7) is 6.31. The summed E-state index contributed by atoms with van der Waals surface area (Å²) >= 11 is 1.36. The Hall–Kier alpha value is -1.30. The van der Waals surface area contributed by atoms with Gasteiger partial charge in [0, 0.05) is 11.6 Å². The third-order valence-corrected chi connectivity index (χ3v) is 5.70. The summed E-state index contributed by atoms with van der Waals surface area (Å²) < 4.78 is 0. The molecule has 1 aliphatic rings. The van der Waals surface area contributed by atoms with E-state index in [9.17, 15) is 4.79 Å². The van der Waals surface area contributed by atoms with Crippen LogP contribution in [0.2, 0.25) is 0 Å². The number of hydrogen-bond acceptors (Lipinski definition) is 5. The van der Waals surface area contributed by atoms with Crippen molar-refractivity contribution < 1.29 is 4.79 Å². The number of thiazole rings is 1. The van der Waals surface area contributed by atoms with Crippen LogP contribution in [0.4, 0.5) is 10.9 Å². The normalized spacial score (nSPS) is 15.6. The van der Waals surface area contributed by atoms with E-state index in [0.29, 0.717) is 16.7 Å². The first-order chi connectivity index (χ1) is 10.0. The number of rotatable bonds is 7. The second-order valence-electron chi connectivity index (χ2n) is 5.80. The number of nitrogen functional groups attached to an aromatic ring is 1. The Bertz CT molecular complexity index is 484. The lowest BCUT2D eigenvalue weighted by Crippen LogP contribution is -2.47. The molecule has 0 aromatic carbocycles. The Morgan fingerprint density at radius 3 is 2.43 bits per heavy atom. The van der Waals surface area contributed by atoms with Gasteiger partial charge in [-0.1, -0.05) is 32.1 Å². The van der Waals surface area contributed by atoms with Gasteiger partial charge in [-0.2, -0.15) is 0 Å². The van der Waals surface area contributed by atoms with Crippen LogP contribution in [-0.2, 0) is 0 Å². The first-order valence-corrected chi connectivity index (χ1v) is 8.70. The topological polar surface area (TPSA) is 80.0 Å². The maximum absolute atomic E-state index is 12.5. The van der Waals surface area contributed by atoms with E-state index >= 15 is 0 Å². The fourth-order valence-electron chi connectivity index (χ4n) is 2.60. The van der Waals surface area contributed by atoms with Crippen molar-refractivity contribution >= 4 is 28.2 Å². The zero-order chi connectivity index (χ0) is 15.5. The van der Waals surface area contributed by atoms with Gasteiger partial charge in [0.1, 0.15) is 10.7 Å². The van der Waals surface area contributed by atoms with Crippen LogP contribution in [-0.4, -0.2) is 22.5 Å². The highest BCUT2D eigenvalue weighted by atomic mass is 32.1. The van der Waals surface area contributed by atoms with Crippen molar-refractivity contribution in [1.29, 1.82) is 0 Å². The Morgan fingerprint density at radius 1 is 1.33 bits per heavy atom. The highest BCUT2D eigenvalue weighted by molar-refractivity contribution is 7.18. The van der Waals surface area contributed by atoms with Gasteiger partial charge in [-0.05, 0) is 38.5 Å². The minimum absolute atomic E-state index is 0.0998. The summed E-state index contributed by atoms with van der Waals surface area (Å²) in [6, 6.07) is 0.493. The number of carbonyl (C=O) groups is 1. The molecule has 21 heavy (non-hydrogen) atoms. The van der Waals surface area contributed by atoms with Crippen molar-refractivity contribution in [3.63, 3.8) is 0 Å². The van der Waals surface area contributed by atoms with Crippen LogP contribution in [0.5, 0.6) is 0 Å². The van der Waals surface area contributed by atoms with Gasteiger partial charge in [0.05, 0.1) is 0 Å². The number of anilines is 2. The molecule has 4 N–H and O–H groups in total. The summed E-state index contributed by atoms with van der Waals surface area (Å²) in [5, 5.41) is 7.26. The lowest BCUT2D eigenvalue weighted by molar-refractivity contribution is 0.0893. The number of amides is 1. The van der Waals surface area contributed by atoms with Crippen molar-refractivity contribution in [3.8, 4) is 0 Å². The molecule has 0 saturated heterocycles. The molecule has 1 aromatic heterocycles. The second-order valence-corrected chi connectivity index (χ2v) is 6.80. The molecule has 1 fully saturated rings. The molecular weight excluding hydrogens is 284 g/mol. The monoisotopic (exact) mass is 310 g/mol. The predicted octanol–water partition coefficient (Wildman–Crippen LogP) is 3.39. The average Bonchev–Trinajstić information content (AvgIpc) is 2.81. The average molecular weight is 310 g/mol. The molecule has 1 aliphatic carbocycles. The fourth-order valence-corrected chi connectivity index (χ4v) is 3.45. The number of nitrogens with one attached hydrogen (secondary N) is 2. The van der Waals surface area contributed by atoms with Gasteiger partial charge >= 0.3 is 0 Å². The summed E-state index contributed by atoms with van der Waals surface area (Å²) in [5.74, 6) is 0.230. The van der Waals surface area contributed by atoms with Crippen molar-refractivity contribution in [2.45, 2.75) is 70.9 Å². The molecule has 1 heterocycles. The number of nitrogens with two attached hydrogens (primary N) is 1. The lowest BCUT2D eigenvalue weighted by atomic mass is 9.90. The third-order valence-electron chi connectivity index (χ3n) is 4.70. The second kappa shape index (κ2) is 6.64. The van der Waals surface area contributed by atoms with E-state index in [1.165, 1.54) is 30.6 Å². The molecule has 2 rings (SSSR count). The Balaban J connectivity index is 2.07. The first kappa shape index (κ1) is 16.1. The molecule has 0 unspecified atom stereocenters. The van der Waals surface area contributed by atoms with Crippen LogP contribution in [0.3, 0.4) is 0 Å². The number of hydrogen-bond donors (Lipinski definition) is 3. The smallest absolute Gasteiger partial charge is 0.265 e. The van der Waals surface area contributed by atoms with Gasteiger partial charge in [-0.3, -0.25) is 4.79 Å². The van der Waals surface area contributed by atoms with Crippen molar-refractivity contribution in [1.82, 2.24) is 10.3 Å². The van der Waals surface area contributed by atoms with Gasteiger partial charge in [0.15, 0.2) is 5.13 Å². The lowest BCUT2D eigenvalue weighted by Gasteiger charge is -2.31. The minimum Gasteiger partial charge on any atom is -0.382 e. The predicted molar refractivity (Wildman–Crippen MR) is 88.9 cm³/mol. The molecule has 118 valence electrons. The van der Waals surface area contributed by atoms with Crippen molar-refractivity contribution in [2.24, 2.45) is 0 Å². The highest BCUT2D eigenvalue weighted by Gasteiger charge is 2.29. The third kappa shape index (κ3) is 3.48. The van der Waals surface area contributed by atoms with Gasteiger partial charge in [0.2, 0.25) is 0 Å². The van der Waals surface area contributed by atoms with Gasteiger partial charge in [0.25, 0.3) is 5.91 Å². The zero-order valence-electron chi connectivity index (χ0n) is 13.2. The van der Waals surface area contributed by atoms with Crippen molar-refractivity contribution in [3.05, 3.63) is 4.88 Å². The van der Waals surface area contributed by atoms with E-state index in [4.69, 9.17) is 5.73 Å². The van der Waals surface area contributed by atoms with E-state index in [-0.39, 0.29) is 11.4 Å². The molecular formula is C15H26N4OS. The number of carbonyl (C=O) groups excluding carboxylic acids is 1. The fraction of sp³-hybridized carbons (Fsp3) is 0.733. The Kier molecular flexibility index (Phi) is 5.08. The Labute approximate surface area is 130 Å². The Morgan fingerprint density at radius 2 is 1.95 bits per heavy atom. The summed E-state index contributed by atoms with van der Waals surface area (Å²) in [7, 11) is 0. The number of aromatic nitrogens is 1. The molecule has 0 aliphatic heterocycles. The van der Waals surface area contributed by atoms with Crippen LogP contribution in [0.1, 0.15) is 69.0 Å². The van der Waals surface area contributed by atoms with Crippen molar-refractivity contribution in [2.75, 3.05) is 11.1 Å². The molecule has 0 bridgehead atoms. The van der Waals surface area contributed by atoms with E-state index < -0.39 is 0 Å². The molecule has 0 atom stereocenters. The van der Waals surface area contributed by atoms with Crippen LogP contribution in [0.25, 0.3) is 0 Å². The molecule has 1 amide bonds. The summed E-state index contributed by atoms with van der Waals surface area (Å²) in [6.07, 6.45) is 6.35. The maximum Gasteiger partial charge on any atom is 0.265 e. The van der Waals surface area contributed by atoms with Gasteiger partial charge in [-0.25, -0.2) is 4.98 Å². The van der Waals surface area contributed by atoms with E-state index in [1.54, 1.807) is 0 Å². The van der Waals surface area contributed by atoms with Crippen LogP contribution in [0, 0.1) is 0 Å². The SMILES string of the molecule is CCC(CC)(CC)NC(=O)c1sc(NC2CCC2)nc1N. The maximum atomic E-state index is 12.5. The standard InChI is InChI=1S/C15H26N4OS/c1-4-15(5-2,6-3)19-13(20)11-12(16)18-14(21-11)17-10-8-7-9-10/h10H,4-9,16H2,1-3H3,(H,17,18)(H,19,20). The van der Waals surface area contributed by atoms with E-state index in [0.717, 1.165) is 24.4 Å². The summed E-state index contributed by atoms with van der Waals surface area (Å²) in [5.41, 5.74) is 5.78. The summed E-state index contributed by atoms with van der Waals surface area (Å²) in [4.78, 5) is 17.3. The first-order valence-electron chi connectivity index (χ1n) is 7.89. The molecule has 1 aromatic rings. The molecule has 0 radical (unpaired) electrons. The van der Waals surface area contributed by atoms with Crippen LogP contribution >= 0.6 is 11.3 Å². The molecule has 5 nitrogen and oxygen atoms in total. The molecule has 1 saturated carbocycles. The quantitative estimate of drug-likeness (QED) is 0.721. The highest BCUT2D eigenvalue weighted by Crippen LogP contribution is 2.30. The van der Waals surface area contributed by atoms with E-state index in [1.807, 2.05) is 0 Å². The van der Waals surface area contributed by atoms with Gasteiger partial charge in [-0.15, -0.1) is 0 Å². The van der Waals surface area contributed by atoms with Crippen LogP contribution < -0.4 is 16.4 Å². The largest absolute Gasteiger partial charge is 0.382 e. The number of nitrogens with zero attached hydrogens (tertiary/aromatic N) is 1. The zero-order valence-corrected chi connectivity index (χ0v) is 14.0.